The molecule has 0 fully saturated rings. The van der Waals surface area contributed by atoms with Crippen LogP contribution in [0.5, 0.6) is 0 Å². The summed E-state index contributed by atoms with van der Waals surface area (Å²) in [5.74, 6) is 0.854. The lowest BCUT2D eigenvalue weighted by Gasteiger charge is -2.02. The predicted molar refractivity (Wildman–Crippen MR) is 112 cm³/mol. The van der Waals surface area contributed by atoms with Crippen LogP contribution >= 0.6 is 10.5 Å². The largest absolute Gasteiger partial charge is 0.467 e. The molecule has 3 heteroatoms. The molecule has 2 nitrogen and oxygen atoms in total. The number of thiophene rings is 1. The van der Waals surface area contributed by atoms with Gasteiger partial charge in [0.1, 0.15) is 12.4 Å². The van der Waals surface area contributed by atoms with Crippen LogP contribution in [0.3, 0.4) is 0 Å². The van der Waals surface area contributed by atoms with Crippen molar-refractivity contribution in [3.05, 3.63) is 103 Å². The van der Waals surface area contributed by atoms with Crippen LogP contribution in [0.2, 0.25) is 0 Å². The molecule has 2 heterocycles. The molecule has 0 aliphatic carbocycles. The van der Waals surface area contributed by atoms with E-state index in [2.05, 4.69) is 72.8 Å². The van der Waals surface area contributed by atoms with E-state index in [9.17, 15) is 0 Å². The van der Waals surface area contributed by atoms with E-state index in [1.807, 2.05) is 12.1 Å². The van der Waals surface area contributed by atoms with Crippen LogP contribution in [0.1, 0.15) is 11.3 Å². The smallest absolute Gasteiger partial charge is 0.187 e. The molecule has 0 atom stereocenters. The van der Waals surface area contributed by atoms with Gasteiger partial charge in [-0.2, -0.15) is 0 Å². The third-order valence-electron chi connectivity index (χ3n) is 4.76. The molecule has 0 N–H and O–H groups in total. The number of rotatable bonds is 5. The highest BCUT2D eigenvalue weighted by Crippen LogP contribution is 2.48. The van der Waals surface area contributed by atoms with Crippen molar-refractivity contribution in [3.8, 4) is 4.90 Å². The van der Waals surface area contributed by atoms with Gasteiger partial charge in [0, 0.05) is 21.2 Å². The summed E-state index contributed by atoms with van der Waals surface area (Å²) in [5, 5.41) is 2.73. The fraction of sp³-hybridized carbons (Fsp3) is 0.0833. The average molecular weight is 371 g/mol. The molecule has 0 saturated heterocycles. The van der Waals surface area contributed by atoms with Crippen LogP contribution < -0.4 is 0 Å². The molecule has 132 valence electrons. The SMILES string of the molecule is c1coc(COCc2ccc(-[s+]3c4ccccc4c4ccccc43)cc2)c1. The van der Waals surface area contributed by atoms with Crippen molar-refractivity contribution in [2.45, 2.75) is 13.2 Å². The molecule has 0 aliphatic heterocycles. The minimum absolute atomic E-state index is 0.0347. The van der Waals surface area contributed by atoms with Crippen LogP contribution in [0, 0.1) is 0 Å². The van der Waals surface area contributed by atoms with Crippen molar-refractivity contribution in [2.75, 3.05) is 0 Å². The van der Waals surface area contributed by atoms with Crippen LogP contribution in [-0.4, -0.2) is 0 Å². The second kappa shape index (κ2) is 7.03. The Labute approximate surface area is 160 Å². The lowest BCUT2D eigenvalue weighted by molar-refractivity contribution is 0.0929. The highest BCUT2D eigenvalue weighted by Gasteiger charge is 2.22. The first-order valence-electron chi connectivity index (χ1n) is 9.02. The van der Waals surface area contributed by atoms with Gasteiger partial charge in [-0.05, 0) is 54.1 Å². The number of furan rings is 1. The number of hydrogen-bond acceptors (Lipinski definition) is 2. The van der Waals surface area contributed by atoms with Crippen molar-refractivity contribution in [1.29, 1.82) is 0 Å². The van der Waals surface area contributed by atoms with E-state index in [1.54, 1.807) is 6.26 Å². The number of ether oxygens (including phenoxy) is 1. The maximum absolute atomic E-state index is 5.75. The first kappa shape index (κ1) is 16.3. The zero-order chi connectivity index (χ0) is 18.1. The average Bonchev–Trinajstić information content (AvgIpc) is 3.35. The molecule has 2 aromatic heterocycles. The predicted octanol–water partition coefficient (Wildman–Crippen LogP) is 7.04. The van der Waals surface area contributed by atoms with Gasteiger partial charge in [0.15, 0.2) is 14.3 Å². The molecule has 27 heavy (non-hydrogen) atoms. The van der Waals surface area contributed by atoms with Crippen LogP contribution in [-0.2, 0) is 18.0 Å². The van der Waals surface area contributed by atoms with E-state index in [4.69, 9.17) is 9.15 Å². The maximum Gasteiger partial charge on any atom is 0.187 e. The zero-order valence-electron chi connectivity index (χ0n) is 14.8. The van der Waals surface area contributed by atoms with Crippen LogP contribution in [0.4, 0.5) is 0 Å². The van der Waals surface area contributed by atoms with Crippen molar-refractivity contribution >= 4 is 30.6 Å². The summed E-state index contributed by atoms with van der Waals surface area (Å²) in [6.07, 6.45) is 1.67. The first-order valence-corrected chi connectivity index (χ1v) is 10.2. The summed E-state index contributed by atoms with van der Waals surface area (Å²) < 4.78 is 13.9. The van der Waals surface area contributed by atoms with Crippen molar-refractivity contribution in [2.24, 2.45) is 0 Å². The Balaban J connectivity index is 1.46. The molecule has 0 bridgehead atoms. The van der Waals surface area contributed by atoms with Gasteiger partial charge in [-0.3, -0.25) is 0 Å². The van der Waals surface area contributed by atoms with E-state index in [-0.39, 0.29) is 10.5 Å². The van der Waals surface area contributed by atoms with E-state index in [0.717, 1.165) is 5.76 Å². The van der Waals surface area contributed by atoms with Crippen molar-refractivity contribution < 1.29 is 9.15 Å². The Morgan fingerprint density at radius 2 is 1.33 bits per heavy atom. The lowest BCUT2D eigenvalue weighted by Crippen LogP contribution is -1.92. The highest BCUT2D eigenvalue weighted by atomic mass is 32.2. The Hall–Kier alpha value is -2.88. The molecule has 0 amide bonds. The second-order valence-electron chi connectivity index (χ2n) is 6.51. The Morgan fingerprint density at radius 3 is 1.96 bits per heavy atom. The third-order valence-corrected chi connectivity index (χ3v) is 7.09. The Morgan fingerprint density at radius 1 is 0.667 bits per heavy atom. The molecular weight excluding hydrogens is 352 g/mol. The van der Waals surface area contributed by atoms with Crippen molar-refractivity contribution in [3.63, 3.8) is 0 Å². The number of fused-ring (bicyclic) bond motifs is 3. The Bertz CT molecular complexity index is 1130. The normalized spacial score (nSPS) is 11.4. The fourth-order valence-corrected chi connectivity index (χ4v) is 5.87. The van der Waals surface area contributed by atoms with Gasteiger partial charge in [-0.15, -0.1) is 0 Å². The summed E-state index contributed by atoms with van der Waals surface area (Å²) in [6, 6.07) is 30.2. The molecular formula is C24H19O2S+. The van der Waals surface area contributed by atoms with Crippen LogP contribution in [0.25, 0.3) is 25.1 Å². The summed E-state index contributed by atoms with van der Waals surface area (Å²) in [4.78, 5) is 1.35. The topological polar surface area (TPSA) is 22.4 Å². The van der Waals surface area contributed by atoms with E-state index >= 15 is 0 Å². The molecule has 0 saturated carbocycles. The van der Waals surface area contributed by atoms with Gasteiger partial charge in [0.25, 0.3) is 0 Å². The standard InChI is InChI=1S/C24H19O2S/c1-3-9-23-21(7-1)22-8-2-4-10-24(22)27(23)20-13-11-18(12-14-20)16-25-17-19-6-5-15-26-19/h1-15H,16-17H2/q+1. The van der Waals surface area contributed by atoms with Gasteiger partial charge in [0.2, 0.25) is 0 Å². The van der Waals surface area contributed by atoms with Crippen LogP contribution in [0.15, 0.2) is 95.6 Å². The highest BCUT2D eigenvalue weighted by molar-refractivity contribution is 7.50. The fourth-order valence-electron chi connectivity index (χ4n) is 3.49. The maximum atomic E-state index is 5.75. The minimum atomic E-state index is -0.0347. The third kappa shape index (κ3) is 3.05. The minimum Gasteiger partial charge on any atom is -0.467 e. The van der Waals surface area contributed by atoms with Gasteiger partial charge in [-0.25, -0.2) is 0 Å². The molecule has 0 unspecified atom stereocenters. The molecule has 5 aromatic rings. The molecule has 0 aliphatic rings. The van der Waals surface area contributed by atoms with Gasteiger partial charge < -0.3 is 9.15 Å². The molecule has 5 rings (SSSR count). The molecule has 3 aromatic carbocycles. The summed E-state index contributed by atoms with van der Waals surface area (Å²) in [5.41, 5.74) is 1.18. The van der Waals surface area contributed by atoms with E-state index in [0.29, 0.717) is 13.2 Å². The molecule has 0 spiro atoms. The number of benzene rings is 3. The van der Waals surface area contributed by atoms with Gasteiger partial charge >= 0.3 is 0 Å². The van der Waals surface area contributed by atoms with E-state index < -0.39 is 0 Å². The summed E-state index contributed by atoms with van der Waals surface area (Å²) in [6.45, 7) is 1.09. The van der Waals surface area contributed by atoms with Crippen molar-refractivity contribution in [1.82, 2.24) is 0 Å². The molecule has 0 radical (unpaired) electrons. The van der Waals surface area contributed by atoms with E-state index in [1.165, 1.54) is 30.6 Å². The lowest BCUT2D eigenvalue weighted by atomic mass is 10.2. The summed E-state index contributed by atoms with van der Waals surface area (Å²) in [7, 11) is -0.0347. The summed E-state index contributed by atoms with van der Waals surface area (Å²) >= 11 is 0. The van der Waals surface area contributed by atoms with Gasteiger partial charge in [-0.1, -0.05) is 36.4 Å². The Kier molecular flexibility index (Phi) is 4.24. The van der Waals surface area contributed by atoms with Gasteiger partial charge in [0.05, 0.1) is 12.9 Å². The monoisotopic (exact) mass is 371 g/mol. The quantitative estimate of drug-likeness (QED) is 0.309. The zero-order valence-corrected chi connectivity index (χ0v) is 15.6. The first-order chi connectivity index (χ1) is 13.4. The number of hydrogen-bond donors (Lipinski definition) is 0. The second-order valence-corrected chi connectivity index (χ2v) is 8.48.